The van der Waals surface area contributed by atoms with Crippen LogP contribution in [-0.4, -0.2) is 36.8 Å². The summed E-state index contributed by atoms with van der Waals surface area (Å²) in [4.78, 5) is 0. The molecule has 3 atom stereocenters. The van der Waals surface area contributed by atoms with Crippen LogP contribution < -0.4 is 0 Å². The van der Waals surface area contributed by atoms with Gasteiger partial charge in [0.2, 0.25) is 0 Å². The molecule has 28 heavy (non-hydrogen) atoms. The molecular weight excluding hydrogens is 352 g/mol. The van der Waals surface area contributed by atoms with Gasteiger partial charge in [-0.2, -0.15) is 0 Å². The van der Waals surface area contributed by atoms with Gasteiger partial charge in [0.15, 0.2) is 6.29 Å². The van der Waals surface area contributed by atoms with E-state index in [2.05, 4.69) is 19.1 Å². The minimum absolute atomic E-state index is 0.0605. The summed E-state index contributed by atoms with van der Waals surface area (Å²) in [6.45, 7) is 4.16. The number of hydrogen-bond acceptors (Lipinski definition) is 4. The lowest BCUT2D eigenvalue weighted by Gasteiger charge is -2.21. The fraction of sp³-hybridized carbons (Fsp3) is 0.667. The number of aliphatic hydroxyl groups excluding tert-OH is 1. The Balaban J connectivity index is 1.40. The molecule has 0 amide bonds. The third-order valence-corrected chi connectivity index (χ3v) is 5.11. The molecule has 0 radical (unpaired) electrons. The van der Waals surface area contributed by atoms with E-state index < -0.39 is 0 Å². The van der Waals surface area contributed by atoms with E-state index in [1.54, 1.807) is 0 Å². The van der Waals surface area contributed by atoms with Gasteiger partial charge in [-0.3, -0.25) is 0 Å². The Morgan fingerprint density at radius 3 is 2.64 bits per heavy atom. The van der Waals surface area contributed by atoms with Crippen LogP contribution in [0.2, 0.25) is 0 Å². The molecule has 158 valence electrons. The van der Waals surface area contributed by atoms with Crippen molar-refractivity contribution in [3.63, 3.8) is 0 Å². The Kier molecular flexibility index (Phi) is 12.2. The van der Waals surface area contributed by atoms with E-state index in [1.807, 2.05) is 30.4 Å². The summed E-state index contributed by atoms with van der Waals surface area (Å²) in [5, 5.41) is 10.0. The first-order valence-electron chi connectivity index (χ1n) is 11.0. The van der Waals surface area contributed by atoms with E-state index in [-0.39, 0.29) is 12.4 Å². The monoisotopic (exact) mass is 390 g/mol. The zero-order valence-electron chi connectivity index (χ0n) is 17.4. The lowest BCUT2D eigenvalue weighted by atomic mass is 10.1. The van der Waals surface area contributed by atoms with Crippen LogP contribution in [0.4, 0.5) is 0 Å². The lowest BCUT2D eigenvalue weighted by molar-refractivity contribution is -0.155. The number of benzene rings is 1. The predicted molar refractivity (Wildman–Crippen MR) is 113 cm³/mol. The van der Waals surface area contributed by atoms with Gasteiger partial charge in [-0.1, -0.05) is 68.2 Å². The molecule has 1 aliphatic heterocycles. The molecule has 1 aliphatic rings. The Morgan fingerprint density at radius 1 is 1.11 bits per heavy atom. The molecule has 1 fully saturated rings. The van der Waals surface area contributed by atoms with Gasteiger partial charge in [0.05, 0.1) is 25.4 Å². The second-order valence-corrected chi connectivity index (χ2v) is 7.72. The molecule has 4 heteroatoms. The molecule has 2 rings (SSSR count). The van der Waals surface area contributed by atoms with Crippen molar-refractivity contribution < 1.29 is 19.3 Å². The maximum Gasteiger partial charge on any atom is 0.157 e. The lowest BCUT2D eigenvalue weighted by Crippen LogP contribution is -2.22. The summed E-state index contributed by atoms with van der Waals surface area (Å²) in [7, 11) is 0. The molecule has 0 saturated carbocycles. The summed E-state index contributed by atoms with van der Waals surface area (Å²) in [6, 6.07) is 10.3. The Labute approximate surface area is 170 Å². The van der Waals surface area contributed by atoms with Gasteiger partial charge in [-0.15, -0.1) is 0 Å². The molecule has 1 aromatic rings. The fourth-order valence-electron chi connectivity index (χ4n) is 3.35. The highest BCUT2D eigenvalue weighted by Gasteiger charge is 2.12. The maximum atomic E-state index is 10.0. The molecule has 1 saturated heterocycles. The minimum Gasteiger partial charge on any atom is -0.389 e. The van der Waals surface area contributed by atoms with Gasteiger partial charge in [0.25, 0.3) is 0 Å². The van der Waals surface area contributed by atoms with Crippen molar-refractivity contribution in [2.45, 2.75) is 89.8 Å². The SMILES string of the molecule is CC(CCCCCCC(O)/C=C/COC1CCCCO1)OCc1ccccc1. The van der Waals surface area contributed by atoms with Crippen molar-refractivity contribution in [1.29, 1.82) is 0 Å². The zero-order chi connectivity index (χ0) is 19.9. The molecule has 1 heterocycles. The highest BCUT2D eigenvalue weighted by molar-refractivity contribution is 5.13. The van der Waals surface area contributed by atoms with E-state index in [1.165, 1.54) is 24.8 Å². The van der Waals surface area contributed by atoms with Crippen molar-refractivity contribution >= 4 is 0 Å². The maximum absolute atomic E-state index is 10.0. The van der Waals surface area contributed by atoms with Crippen molar-refractivity contribution in [3.8, 4) is 0 Å². The minimum atomic E-state index is -0.371. The number of aliphatic hydroxyl groups is 1. The molecule has 1 aromatic carbocycles. The van der Waals surface area contributed by atoms with Gasteiger partial charge in [0, 0.05) is 6.61 Å². The molecule has 0 aromatic heterocycles. The second kappa shape index (κ2) is 14.7. The summed E-state index contributed by atoms with van der Waals surface area (Å²) >= 11 is 0. The summed E-state index contributed by atoms with van der Waals surface area (Å²) in [5.41, 5.74) is 1.23. The standard InChI is InChI=1S/C24H38O4/c1-21(28-20-22-13-6-4-7-14-22)12-5-2-3-8-15-23(25)16-11-19-27-24-17-9-10-18-26-24/h4,6-7,11,13-14,16,21,23-25H,2-3,5,8-10,12,15,17-20H2,1H3/b16-11+. The van der Waals surface area contributed by atoms with Gasteiger partial charge in [0.1, 0.15) is 0 Å². The van der Waals surface area contributed by atoms with Crippen LogP contribution in [0.5, 0.6) is 0 Å². The van der Waals surface area contributed by atoms with Crippen LogP contribution >= 0.6 is 0 Å². The molecule has 0 aliphatic carbocycles. The van der Waals surface area contributed by atoms with Gasteiger partial charge in [-0.05, 0) is 44.6 Å². The number of hydrogen-bond donors (Lipinski definition) is 1. The largest absolute Gasteiger partial charge is 0.389 e. The smallest absolute Gasteiger partial charge is 0.157 e. The normalized spacial score (nSPS) is 19.7. The quantitative estimate of drug-likeness (QED) is 0.342. The van der Waals surface area contributed by atoms with Crippen molar-refractivity contribution in [2.24, 2.45) is 0 Å². The Hall–Kier alpha value is -1.20. The van der Waals surface area contributed by atoms with Crippen LogP contribution in [-0.2, 0) is 20.8 Å². The molecule has 3 unspecified atom stereocenters. The van der Waals surface area contributed by atoms with Gasteiger partial charge in [-0.25, -0.2) is 0 Å². The van der Waals surface area contributed by atoms with Crippen LogP contribution in [0.1, 0.15) is 70.3 Å². The fourth-order valence-corrected chi connectivity index (χ4v) is 3.35. The summed E-state index contributed by atoms with van der Waals surface area (Å²) < 4.78 is 17.0. The van der Waals surface area contributed by atoms with Gasteiger partial charge >= 0.3 is 0 Å². The van der Waals surface area contributed by atoms with Crippen LogP contribution in [0.3, 0.4) is 0 Å². The van der Waals surface area contributed by atoms with Crippen molar-refractivity contribution in [1.82, 2.24) is 0 Å². The molecular formula is C24H38O4. The van der Waals surface area contributed by atoms with E-state index in [0.29, 0.717) is 19.3 Å². The van der Waals surface area contributed by atoms with E-state index in [4.69, 9.17) is 14.2 Å². The first-order valence-corrected chi connectivity index (χ1v) is 11.0. The number of ether oxygens (including phenoxy) is 3. The summed E-state index contributed by atoms with van der Waals surface area (Å²) in [6.07, 6.45) is 13.4. The first kappa shape index (κ1) is 23.1. The molecule has 4 nitrogen and oxygen atoms in total. The van der Waals surface area contributed by atoms with Crippen LogP contribution in [0.25, 0.3) is 0 Å². The Bertz CT molecular complexity index is 511. The van der Waals surface area contributed by atoms with Crippen molar-refractivity contribution in [3.05, 3.63) is 48.0 Å². The Morgan fingerprint density at radius 2 is 1.89 bits per heavy atom. The zero-order valence-corrected chi connectivity index (χ0v) is 17.4. The highest BCUT2D eigenvalue weighted by Crippen LogP contribution is 2.14. The van der Waals surface area contributed by atoms with Gasteiger partial charge < -0.3 is 19.3 Å². The predicted octanol–water partition coefficient (Wildman–Crippen LogP) is 5.39. The van der Waals surface area contributed by atoms with E-state index >= 15 is 0 Å². The summed E-state index contributed by atoms with van der Waals surface area (Å²) in [5.74, 6) is 0. The number of rotatable bonds is 14. The van der Waals surface area contributed by atoms with E-state index in [0.717, 1.165) is 45.1 Å². The molecule has 1 N–H and O–H groups in total. The average molecular weight is 391 g/mol. The van der Waals surface area contributed by atoms with Crippen molar-refractivity contribution in [2.75, 3.05) is 13.2 Å². The van der Waals surface area contributed by atoms with Crippen LogP contribution in [0, 0.1) is 0 Å². The molecule has 0 bridgehead atoms. The highest BCUT2D eigenvalue weighted by atomic mass is 16.7. The third kappa shape index (κ3) is 11.0. The molecule has 0 spiro atoms. The second-order valence-electron chi connectivity index (χ2n) is 7.72. The average Bonchev–Trinajstić information content (AvgIpc) is 2.73. The first-order chi connectivity index (χ1) is 13.7. The number of unbranched alkanes of at least 4 members (excludes halogenated alkanes) is 3. The topological polar surface area (TPSA) is 47.9 Å². The third-order valence-electron chi connectivity index (χ3n) is 5.11. The van der Waals surface area contributed by atoms with E-state index in [9.17, 15) is 5.11 Å². The van der Waals surface area contributed by atoms with Crippen LogP contribution in [0.15, 0.2) is 42.5 Å².